The molecule has 2 N–H and O–H groups in total. The lowest BCUT2D eigenvalue weighted by molar-refractivity contribution is -0.153. The van der Waals surface area contributed by atoms with Gasteiger partial charge in [-0.05, 0) is 43.2 Å². The molecule has 2 heterocycles. The van der Waals surface area contributed by atoms with Gasteiger partial charge in [-0.15, -0.1) is 0 Å². The molecule has 1 aromatic carbocycles. The van der Waals surface area contributed by atoms with Gasteiger partial charge in [-0.25, -0.2) is 4.98 Å². The van der Waals surface area contributed by atoms with Crippen LogP contribution >= 0.6 is 11.8 Å². The summed E-state index contributed by atoms with van der Waals surface area (Å²) in [6, 6.07) is 7.65. The molecule has 0 saturated heterocycles. The summed E-state index contributed by atoms with van der Waals surface area (Å²) in [6.07, 6.45) is -1.75. The number of nitrogens with one attached hydrogen (secondary N) is 2. The first-order valence-corrected chi connectivity index (χ1v) is 11.4. The predicted octanol–water partition coefficient (Wildman–Crippen LogP) is 3.87. The first-order valence-electron chi connectivity index (χ1n) is 10.4. The van der Waals surface area contributed by atoms with E-state index in [0.717, 1.165) is 5.56 Å². The number of nitrogens with zero attached hydrogens (tertiary/aromatic N) is 3. The minimum absolute atomic E-state index is 0.0236. The number of hydrogen-bond acceptors (Lipinski definition) is 6. The zero-order valence-electron chi connectivity index (χ0n) is 18.2. The van der Waals surface area contributed by atoms with E-state index in [1.807, 2.05) is 13.0 Å². The molecule has 2 aromatic heterocycles. The second-order valence-corrected chi connectivity index (χ2v) is 8.40. The number of aromatic nitrogens is 3. The summed E-state index contributed by atoms with van der Waals surface area (Å²) in [6.45, 7) is 0.713. The van der Waals surface area contributed by atoms with Crippen molar-refractivity contribution in [3.8, 4) is 17.5 Å². The van der Waals surface area contributed by atoms with E-state index in [-0.39, 0.29) is 30.1 Å². The molecule has 3 aromatic rings. The number of carbonyl (C=O) groups is 1. The molecule has 0 unspecified atom stereocenters. The third-order valence-electron chi connectivity index (χ3n) is 4.69. The van der Waals surface area contributed by atoms with Crippen LogP contribution in [0, 0.1) is 18.3 Å². The van der Waals surface area contributed by atoms with E-state index in [0.29, 0.717) is 40.6 Å². The number of hydrogen-bond donors (Lipinski definition) is 2. The van der Waals surface area contributed by atoms with Crippen LogP contribution in [0.1, 0.15) is 24.8 Å². The van der Waals surface area contributed by atoms with Crippen LogP contribution in [0.3, 0.4) is 0 Å². The van der Waals surface area contributed by atoms with Gasteiger partial charge >= 0.3 is 6.18 Å². The van der Waals surface area contributed by atoms with E-state index in [9.17, 15) is 22.8 Å². The standard InChI is InChI=1S/C22H22F3N5O3S/c1-14-12-28-19-18(14)29-21(34-11-2-4-17(31)27-10-3-9-26)30(20(19)32)15-5-7-16(8-6-15)33-13-22(23,24)25/h5-8,12,28H,2-4,10-11,13H2,1H3,(H,27,31). The molecule has 0 aliphatic heterocycles. The van der Waals surface area contributed by atoms with Crippen molar-refractivity contribution < 1.29 is 22.7 Å². The summed E-state index contributed by atoms with van der Waals surface area (Å²) in [4.78, 5) is 32.6. The van der Waals surface area contributed by atoms with Gasteiger partial charge in [-0.2, -0.15) is 18.4 Å². The zero-order chi connectivity index (χ0) is 24.7. The molecule has 8 nitrogen and oxygen atoms in total. The maximum atomic E-state index is 13.2. The van der Waals surface area contributed by atoms with Gasteiger partial charge in [0.05, 0.1) is 23.7 Å². The van der Waals surface area contributed by atoms with Crippen molar-refractivity contribution in [3.05, 3.63) is 46.4 Å². The first kappa shape index (κ1) is 25.2. The van der Waals surface area contributed by atoms with Crippen LogP contribution in [-0.2, 0) is 4.79 Å². The van der Waals surface area contributed by atoms with Crippen LogP contribution in [0.25, 0.3) is 16.7 Å². The maximum absolute atomic E-state index is 13.2. The Balaban J connectivity index is 1.80. The second kappa shape index (κ2) is 11.1. The minimum Gasteiger partial charge on any atom is -0.484 e. The third-order valence-corrected chi connectivity index (χ3v) is 5.72. The van der Waals surface area contributed by atoms with Gasteiger partial charge in [-0.3, -0.25) is 14.2 Å². The molecule has 34 heavy (non-hydrogen) atoms. The van der Waals surface area contributed by atoms with E-state index < -0.39 is 12.8 Å². The molecule has 3 rings (SSSR count). The topological polar surface area (TPSA) is 113 Å². The summed E-state index contributed by atoms with van der Waals surface area (Å²) in [5, 5.41) is 11.6. The van der Waals surface area contributed by atoms with Gasteiger partial charge in [0.25, 0.3) is 5.56 Å². The van der Waals surface area contributed by atoms with E-state index in [1.165, 1.54) is 40.6 Å². The number of benzene rings is 1. The van der Waals surface area contributed by atoms with Crippen molar-refractivity contribution in [1.82, 2.24) is 19.9 Å². The van der Waals surface area contributed by atoms with Crippen molar-refractivity contribution in [2.45, 2.75) is 37.5 Å². The van der Waals surface area contributed by atoms with Crippen LogP contribution in [0.2, 0.25) is 0 Å². The maximum Gasteiger partial charge on any atom is 0.422 e. The monoisotopic (exact) mass is 493 g/mol. The van der Waals surface area contributed by atoms with Crippen molar-refractivity contribution in [2.24, 2.45) is 0 Å². The molecule has 0 atom stereocenters. The lowest BCUT2D eigenvalue weighted by Crippen LogP contribution is -2.24. The van der Waals surface area contributed by atoms with Gasteiger partial charge < -0.3 is 15.0 Å². The Morgan fingerprint density at radius 3 is 2.74 bits per heavy atom. The number of nitriles is 1. The highest BCUT2D eigenvalue weighted by Crippen LogP contribution is 2.25. The van der Waals surface area contributed by atoms with Gasteiger partial charge in [0.15, 0.2) is 11.8 Å². The quantitative estimate of drug-likeness (QED) is 0.252. The average molecular weight is 494 g/mol. The number of aromatic amines is 1. The zero-order valence-corrected chi connectivity index (χ0v) is 19.1. The molecular weight excluding hydrogens is 471 g/mol. The van der Waals surface area contributed by atoms with Crippen molar-refractivity contribution in [2.75, 3.05) is 18.9 Å². The molecule has 0 saturated carbocycles. The number of H-pyrrole nitrogens is 1. The van der Waals surface area contributed by atoms with Crippen molar-refractivity contribution >= 4 is 28.7 Å². The number of rotatable bonds is 10. The van der Waals surface area contributed by atoms with Crippen LogP contribution in [0.15, 0.2) is 40.4 Å². The number of amides is 1. The fourth-order valence-corrected chi connectivity index (χ4v) is 4.03. The molecule has 0 aliphatic rings. The highest BCUT2D eigenvalue weighted by atomic mass is 32.2. The smallest absolute Gasteiger partial charge is 0.422 e. The molecule has 0 spiro atoms. The fraction of sp³-hybridized carbons (Fsp3) is 0.364. The Kier molecular flexibility index (Phi) is 8.22. The van der Waals surface area contributed by atoms with E-state index in [4.69, 9.17) is 10.00 Å². The molecule has 12 heteroatoms. The number of alkyl halides is 3. The van der Waals surface area contributed by atoms with Gasteiger partial charge in [0.2, 0.25) is 5.91 Å². The van der Waals surface area contributed by atoms with Gasteiger partial charge in [0, 0.05) is 24.9 Å². The van der Waals surface area contributed by atoms with E-state index in [1.54, 1.807) is 6.20 Å². The summed E-state index contributed by atoms with van der Waals surface area (Å²) in [5.41, 5.74) is 1.72. The highest BCUT2D eigenvalue weighted by molar-refractivity contribution is 7.99. The second-order valence-electron chi connectivity index (χ2n) is 7.34. The SMILES string of the molecule is Cc1c[nH]c2c(=O)n(-c3ccc(OCC(F)(F)F)cc3)c(SCCCC(=O)NCCC#N)nc12. The molecule has 0 bridgehead atoms. The van der Waals surface area contributed by atoms with Crippen molar-refractivity contribution in [3.63, 3.8) is 0 Å². The van der Waals surface area contributed by atoms with Crippen LogP contribution in [0.4, 0.5) is 13.2 Å². The first-order chi connectivity index (χ1) is 16.2. The highest BCUT2D eigenvalue weighted by Gasteiger charge is 2.28. The summed E-state index contributed by atoms with van der Waals surface area (Å²) < 4.78 is 43.3. The Hall–Kier alpha value is -3.46. The number of carbonyl (C=O) groups excluding carboxylic acids is 1. The Bertz CT molecular complexity index is 1250. The van der Waals surface area contributed by atoms with Crippen LogP contribution < -0.4 is 15.6 Å². The molecule has 0 fully saturated rings. The number of thioether (sulfide) groups is 1. The number of halogens is 3. The Morgan fingerprint density at radius 2 is 2.06 bits per heavy atom. The molecule has 0 aliphatic carbocycles. The number of ether oxygens (including phenoxy) is 1. The third kappa shape index (κ3) is 6.54. The average Bonchev–Trinajstić information content (AvgIpc) is 3.16. The minimum atomic E-state index is -4.45. The predicted molar refractivity (Wildman–Crippen MR) is 121 cm³/mol. The van der Waals surface area contributed by atoms with Gasteiger partial charge in [0.1, 0.15) is 11.3 Å². The fourth-order valence-electron chi connectivity index (χ4n) is 3.09. The largest absolute Gasteiger partial charge is 0.484 e. The normalized spacial score (nSPS) is 11.4. The molecule has 0 radical (unpaired) electrons. The molecule has 1 amide bonds. The van der Waals surface area contributed by atoms with Crippen molar-refractivity contribution in [1.29, 1.82) is 5.26 Å². The Morgan fingerprint density at radius 1 is 1.32 bits per heavy atom. The van der Waals surface area contributed by atoms with E-state index >= 15 is 0 Å². The number of aryl methyl sites for hydroxylation is 1. The van der Waals surface area contributed by atoms with Crippen LogP contribution in [0.5, 0.6) is 5.75 Å². The van der Waals surface area contributed by atoms with Gasteiger partial charge in [-0.1, -0.05) is 11.8 Å². The van der Waals surface area contributed by atoms with E-state index in [2.05, 4.69) is 15.3 Å². The summed E-state index contributed by atoms with van der Waals surface area (Å²) >= 11 is 1.30. The lowest BCUT2D eigenvalue weighted by atomic mass is 10.3. The number of fused-ring (bicyclic) bond motifs is 1. The lowest BCUT2D eigenvalue weighted by Gasteiger charge is -2.14. The Labute approximate surface area is 197 Å². The summed E-state index contributed by atoms with van der Waals surface area (Å²) in [7, 11) is 0. The molecule has 180 valence electrons. The molecular formula is C22H22F3N5O3S. The van der Waals surface area contributed by atoms with Crippen LogP contribution in [-0.4, -0.2) is 45.5 Å². The summed E-state index contributed by atoms with van der Waals surface area (Å²) in [5.74, 6) is 0.364.